The quantitative estimate of drug-likeness (QED) is 0.894. The molecule has 4 nitrogen and oxygen atoms in total. The van der Waals surface area contributed by atoms with Crippen LogP contribution in [-0.2, 0) is 9.59 Å². The maximum atomic E-state index is 12.9. The molecule has 0 aromatic heterocycles. The minimum Gasteiger partial charge on any atom is -0.344 e. The van der Waals surface area contributed by atoms with E-state index < -0.39 is 17.8 Å². The highest BCUT2D eigenvalue weighted by atomic mass is 35.5. The lowest BCUT2D eigenvalue weighted by molar-refractivity contribution is -0.126. The zero-order valence-corrected chi connectivity index (χ0v) is 11.7. The fraction of sp³-hybridized carbons (Fsp3) is 0.385. The maximum Gasteiger partial charge on any atom is 0.247 e. The smallest absolute Gasteiger partial charge is 0.247 e. The highest BCUT2D eigenvalue weighted by Crippen LogP contribution is 2.22. The Hall–Kier alpha value is -1.62. The van der Waals surface area contributed by atoms with E-state index in [4.69, 9.17) is 11.6 Å². The first-order valence-corrected chi connectivity index (χ1v) is 6.22. The molecule has 0 aliphatic rings. The number of amides is 2. The van der Waals surface area contributed by atoms with Gasteiger partial charge in [0.05, 0.1) is 10.7 Å². The van der Waals surface area contributed by atoms with Crippen molar-refractivity contribution in [3.63, 3.8) is 0 Å². The first kappa shape index (κ1) is 15.4. The summed E-state index contributed by atoms with van der Waals surface area (Å²) in [4.78, 5) is 23.1. The van der Waals surface area contributed by atoms with Crippen LogP contribution in [0, 0.1) is 11.7 Å². The number of carbonyl (C=O) groups excluding carboxylic acids is 2. The van der Waals surface area contributed by atoms with Gasteiger partial charge in [0.15, 0.2) is 0 Å². The van der Waals surface area contributed by atoms with Crippen LogP contribution in [0.4, 0.5) is 10.1 Å². The predicted molar refractivity (Wildman–Crippen MR) is 72.5 cm³/mol. The van der Waals surface area contributed by atoms with Crippen LogP contribution in [0.25, 0.3) is 0 Å². The Kier molecular flexibility index (Phi) is 5.30. The van der Waals surface area contributed by atoms with Crippen molar-refractivity contribution in [2.24, 2.45) is 5.92 Å². The first-order valence-electron chi connectivity index (χ1n) is 5.84. The topological polar surface area (TPSA) is 58.2 Å². The summed E-state index contributed by atoms with van der Waals surface area (Å²) in [5, 5.41) is 5.24. The van der Waals surface area contributed by atoms with E-state index in [0.717, 1.165) is 6.07 Å². The molecule has 0 spiro atoms. The van der Waals surface area contributed by atoms with Crippen molar-refractivity contribution >= 4 is 29.1 Å². The Labute approximate surface area is 116 Å². The molecule has 104 valence electrons. The summed E-state index contributed by atoms with van der Waals surface area (Å²) >= 11 is 5.82. The zero-order chi connectivity index (χ0) is 14.6. The molecule has 1 atom stereocenters. The molecular weight excluding hydrogens is 271 g/mol. The second-order valence-electron chi connectivity index (χ2n) is 4.54. The van der Waals surface area contributed by atoms with Crippen molar-refractivity contribution in [3.8, 4) is 0 Å². The summed E-state index contributed by atoms with van der Waals surface area (Å²) in [6, 6.07) is 3.02. The Balaban J connectivity index is 2.84. The molecule has 0 heterocycles. The number of carbonyl (C=O) groups is 2. The van der Waals surface area contributed by atoms with Gasteiger partial charge in [-0.2, -0.15) is 0 Å². The second kappa shape index (κ2) is 6.52. The predicted octanol–water partition coefficient (Wildman–Crippen LogP) is 2.58. The highest BCUT2D eigenvalue weighted by molar-refractivity contribution is 6.33. The van der Waals surface area contributed by atoms with Gasteiger partial charge in [-0.3, -0.25) is 9.59 Å². The molecule has 0 saturated carbocycles. The fourth-order valence-corrected chi connectivity index (χ4v) is 1.77. The normalized spacial score (nSPS) is 12.1. The number of rotatable bonds is 4. The third-order valence-corrected chi connectivity index (χ3v) is 2.81. The van der Waals surface area contributed by atoms with Crippen molar-refractivity contribution in [1.82, 2.24) is 5.32 Å². The number of hydrogen-bond donors (Lipinski definition) is 2. The summed E-state index contributed by atoms with van der Waals surface area (Å²) in [5.74, 6) is -1.24. The van der Waals surface area contributed by atoms with Gasteiger partial charge in [-0.25, -0.2) is 4.39 Å². The van der Waals surface area contributed by atoms with E-state index in [9.17, 15) is 14.0 Å². The van der Waals surface area contributed by atoms with Gasteiger partial charge in [-0.05, 0) is 24.1 Å². The lowest BCUT2D eigenvalue weighted by atomic mass is 10.0. The minimum absolute atomic E-state index is 0.0804. The third kappa shape index (κ3) is 4.52. The van der Waals surface area contributed by atoms with Gasteiger partial charge in [-0.1, -0.05) is 25.4 Å². The van der Waals surface area contributed by atoms with Gasteiger partial charge in [0.25, 0.3) is 0 Å². The third-order valence-electron chi connectivity index (χ3n) is 2.50. The summed E-state index contributed by atoms with van der Waals surface area (Å²) in [7, 11) is 0. The molecule has 0 aliphatic heterocycles. The SMILES string of the molecule is CC(=O)NC(C(=O)Nc1ccc(F)cc1Cl)C(C)C. The van der Waals surface area contributed by atoms with E-state index in [1.165, 1.54) is 19.1 Å². The van der Waals surface area contributed by atoms with Crippen molar-refractivity contribution in [2.75, 3.05) is 5.32 Å². The summed E-state index contributed by atoms with van der Waals surface area (Å²) in [5.41, 5.74) is 0.309. The molecule has 1 aromatic rings. The van der Waals surface area contributed by atoms with Crippen LogP contribution in [0.1, 0.15) is 20.8 Å². The van der Waals surface area contributed by atoms with Crippen molar-refractivity contribution in [2.45, 2.75) is 26.8 Å². The molecule has 2 amide bonds. The molecule has 6 heteroatoms. The van der Waals surface area contributed by atoms with Gasteiger partial charge < -0.3 is 10.6 Å². The first-order chi connectivity index (χ1) is 8.81. The average Bonchev–Trinajstić information content (AvgIpc) is 2.29. The van der Waals surface area contributed by atoms with Crippen LogP contribution in [0.15, 0.2) is 18.2 Å². The molecule has 0 fully saturated rings. The second-order valence-corrected chi connectivity index (χ2v) is 4.94. The minimum atomic E-state index is -0.668. The largest absolute Gasteiger partial charge is 0.344 e. The van der Waals surface area contributed by atoms with E-state index in [-0.39, 0.29) is 16.8 Å². The summed E-state index contributed by atoms with van der Waals surface area (Å²) in [6.45, 7) is 4.96. The fourth-order valence-electron chi connectivity index (χ4n) is 1.56. The molecule has 1 aromatic carbocycles. The van der Waals surface area contributed by atoms with E-state index in [1.807, 2.05) is 13.8 Å². The van der Waals surface area contributed by atoms with Gasteiger partial charge in [0.1, 0.15) is 11.9 Å². The lowest BCUT2D eigenvalue weighted by Crippen LogP contribution is -2.46. The van der Waals surface area contributed by atoms with Gasteiger partial charge in [0.2, 0.25) is 11.8 Å². The Morgan fingerprint density at radius 3 is 2.42 bits per heavy atom. The van der Waals surface area contributed by atoms with E-state index >= 15 is 0 Å². The molecule has 0 bridgehead atoms. The highest BCUT2D eigenvalue weighted by Gasteiger charge is 2.23. The van der Waals surface area contributed by atoms with Gasteiger partial charge in [-0.15, -0.1) is 0 Å². The number of benzene rings is 1. The van der Waals surface area contributed by atoms with Gasteiger partial charge in [0, 0.05) is 6.92 Å². The Morgan fingerprint density at radius 1 is 1.32 bits per heavy atom. The molecule has 1 unspecified atom stereocenters. The molecule has 0 saturated heterocycles. The van der Waals surface area contributed by atoms with Crippen molar-refractivity contribution < 1.29 is 14.0 Å². The number of halogens is 2. The van der Waals surface area contributed by atoms with Crippen LogP contribution in [0.3, 0.4) is 0 Å². The van der Waals surface area contributed by atoms with Crippen LogP contribution in [0.5, 0.6) is 0 Å². The Morgan fingerprint density at radius 2 is 1.95 bits per heavy atom. The van der Waals surface area contributed by atoms with E-state index in [1.54, 1.807) is 0 Å². The number of hydrogen-bond acceptors (Lipinski definition) is 2. The lowest BCUT2D eigenvalue weighted by Gasteiger charge is -2.21. The summed E-state index contributed by atoms with van der Waals surface area (Å²) in [6.07, 6.45) is 0. The number of nitrogens with one attached hydrogen (secondary N) is 2. The van der Waals surface area contributed by atoms with Crippen LogP contribution in [-0.4, -0.2) is 17.9 Å². The molecule has 0 radical (unpaired) electrons. The van der Waals surface area contributed by atoms with Crippen LogP contribution >= 0.6 is 11.6 Å². The molecular formula is C13H16ClFN2O2. The number of anilines is 1. The molecule has 0 aliphatic carbocycles. The van der Waals surface area contributed by atoms with Gasteiger partial charge >= 0.3 is 0 Å². The van der Waals surface area contributed by atoms with Crippen molar-refractivity contribution in [3.05, 3.63) is 29.0 Å². The van der Waals surface area contributed by atoms with E-state index in [2.05, 4.69) is 10.6 Å². The molecule has 1 rings (SSSR count). The van der Waals surface area contributed by atoms with Crippen LogP contribution in [0.2, 0.25) is 5.02 Å². The molecule has 19 heavy (non-hydrogen) atoms. The standard InChI is InChI=1S/C13H16ClFN2O2/c1-7(2)12(16-8(3)18)13(19)17-11-5-4-9(15)6-10(11)14/h4-7,12H,1-3H3,(H,16,18)(H,17,19). The zero-order valence-electron chi connectivity index (χ0n) is 11.0. The van der Waals surface area contributed by atoms with E-state index in [0.29, 0.717) is 5.69 Å². The average molecular weight is 287 g/mol. The van der Waals surface area contributed by atoms with Crippen molar-refractivity contribution in [1.29, 1.82) is 0 Å². The monoisotopic (exact) mass is 286 g/mol. The van der Waals surface area contributed by atoms with Crippen LogP contribution < -0.4 is 10.6 Å². The molecule has 2 N–H and O–H groups in total. The Bertz CT molecular complexity index is 492. The maximum absolute atomic E-state index is 12.9. The summed E-state index contributed by atoms with van der Waals surface area (Å²) < 4.78 is 12.9.